The summed E-state index contributed by atoms with van der Waals surface area (Å²) >= 11 is 0. The van der Waals surface area contributed by atoms with E-state index in [0.717, 1.165) is 0 Å². The lowest BCUT2D eigenvalue weighted by molar-refractivity contribution is -0.141. The third-order valence-electron chi connectivity index (χ3n) is 5.27. The third kappa shape index (κ3) is 0.910. The van der Waals surface area contributed by atoms with Gasteiger partial charge in [-0.3, -0.25) is 14.5 Å². The molecular weight excluding hydrogens is 218 g/mol. The average molecular weight is 233 g/mol. The van der Waals surface area contributed by atoms with Crippen LogP contribution in [0.15, 0.2) is 12.2 Å². The zero-order valence-corrected chi connectivity index (χ0v) is 9.50. The van der Waals surface area contributed by atoms with Crippen LogP contribution in [0.5, 0.6) is 0 Å². The minimum absolute atomic E-state index is 0.0443. The van der Waals surface area contributed by atoms with Crippen molar-refractivity contribution in [2.24, 2.45) is 29.1 Å². The molecule has 0 aromatic rings. The zero-order valence-electron chi connectivity index (χ0n) is 9.50. The minimum atomic E-state index is -0.134. The Labute approximate surface area is 99.3 Å². The maximum Gasteiger partial charge on any atom is 0.233 e. The number of aliphatic hydroxyl groups is 1. The molecule has 4 heteroatoms. The number of amides is 2. The van der Waals surface area contributed by atoms with Gasteiger partial charge in [-0.25, -0.2) is 0 Å². The first kappa shape index (κ1) is 9.83. The Morgan fingerprint density at radius 3 is 2.12 bits per heavy atom. The summed E-state index contributed by atoms with van der Waals surface area (Å²) < 4.78 is 0. The number of nitrogens with zero attached hydrogens (tertiary/aromatic N) is 1. The van der Waals surface area contributed by atoms with Crippen LogP contribution in [0.4, 0.5) is 0 Å². The molecule has 0 aromatic carbocycles. The highest BCUT2D eigenvalue weighted by Gasteiger charge is 2.73. The maximum atomic E-state index is 12.3. The first-order valence-electron chi connectivity index (χ1n) is 6.35. The van der Waals surface area contributed by atoms with E-state index in [-0.39, 0.29) is 54.1 Å². The Morgan fingerprint density at radius 2 is 1.71 bits per heavy atom. The molecular formula is C13H15NO3. The van der Waals surface area contributed by atoms with Gasteiger partial charge in [0.2, 0.25) is 11.8 Å². The molecule has 0 unspecified atom stereocenters. The first-order chi connectivity index (χ1) is 8.20. The molecule has 0 aromatic heterocycles. The highest BCUT2D eigenvalue weighted by Crippen LogP contribution is 2.73. The molecule has 2 amide bonds. The second-order valence-electron chi connectivity index (χ2n) is 5.77. The number of carbonyl (C=O) groups excluding carboxylic acids is 2. The van der Waals surface area contributed by atoms with Gasteiger partial charge in [-0.1, -0.05) is 12.2 Å². The van der Waals surface area contributed by atoms with E-state index in [1.165, 1.54) is 17.7 Å². The molecule has 2 saturated carbocycles. The summed E-state index contributed by atoms with van der Waals surface area (Å²) in [4.78, 5) is 25.8. The van der Waals surface area contributed by atoms with Crippen molar-refractivity contribution in [1.29, 1.82) is 0 Å². The molecule has 4 rings (SSSR count). The van der Waals surface area contributed by atoms with Crippen molar-refractivity contribution in [2.45, 2.75) is 12.8 Å². The fraction of sp³-hybridized carbons (Fsp3) is 0.692. The molecule has 1 saturated heterocycles. The van der Waals surface area contributed by atoms with Gasteiger partial charge in [0.1, 0.15) is 0 Å². The number of fused-ring (bicyclic) bond motifs is 3. The van der Waals surface area contributed by atoms with E-state index >= 15 is 0 Å². The minimum Gasteiger partial charge on any atom is -0.395 e. The molecule has 4 aliphatic rings. The number of β-amino-alcohol motifs (C(OH)–C–C–N with tert-alkyl or cyclic N) is 1. The predicted molar refractivity (Wildman–Crippen MR) is 58.6 cm³/mol. The van der Waals surface area contributed by atoms with Crippen LogP contribution >= 0.6 is 0 Å². The van der Waals surface area contributed by atoms with E-state index in [1.807, 2.05) is 0 Å². The van der Waals surface area contributed by atoms with E-state index in [0.29, 0.717) is 0 Å². The predicted octanol–water partition coefficient (Wildman–Crippen LogP) is 0.176. The fourth-order valence-corrected chi connectivity index (χ4v) is 4.46. The standard InChI is InChI=1S/C13H15NO3/c15-6-5-14-11(16)9-7-1-2-8(10(9)12(14)17)13(7)3-4-13/h1-2,7-10,15H,3-6H2/t7-,8+,9-,10-/m1/s1. The molecule has 1 N–H and O–H groups in total. The zero-order chi connectivity index (χ0) is 11.8. The van der Waals surface area contributed by atoms with Crippen molar-refractivity contribution in [3.8, 4) is 0 Å². The van der Waals surface area contributed by atoms with E-state index < -0.39 is 0 Å². The summed E-state index contributed by atoms with van der Waals surface area (Å²) in [6.07, 6.45) is 6.66. The van der Waals surface area contributed by atoms with Crippen LogP contribution in [0, 0.1) is 29.1 Å². The maximum absolute atomic E-state index is 12.3. The molecule has 3 fully saturated rings. The number of imide groups is 1. The average Bonchev–Trinajstić information content (AvgIpc) is 2.93. The van der Waals surface area contributed by atoms with E-state index in [2.05, 4.69) is 12.2 Å². The van der Waals surface area contributed by atoms with Crippen molar-refractivity contribution in [2.75, 3.05) is 13.2 Å². The lowest BCUT2D eigenvalue weighted by Gasteiger charge is -2.20. The van der Waals surface area contributed by atoms with Gasteiger partial charge in [-0.2, -0.15) is 0 Å². The van der Waals surface area contributed by atoms with Crippen molar-refractivity contribution in [1.82, 2.24) is 4.90 Å². The van der Waals surface area contributed by atoms with Gasteiger partial charge in [0.25, 0.3) is 0 Å². The van der Waals surface area contributed by atoms with E-state index in [1.54, 1.807) is 0 Å². The molecule has 3 aliphatic carbocycles. The molecule has 0 radical (unpaired) electrons. The number of allylic oxidation sites excluding steroid dienone is 2. The summed E-state index contributed by atoms with van der Waals surface area (Å²) in [6.45, 7) is 0.0297. The smallest absolute Gasteiger partial charge is 0.233 e. The highest BCUT2D eigenvalue weighted by molar-refractivity contribution is 6.06. The molecule has 90 valence electrons. The Balaban J connectivity index is 1.74. The Hall–Kier alpha value is -1.16. The van der Waals surface area contributed by atoms with E-state index in [4.69, 9.17) is 5.11 Å². The third-order valence-corrected chi connectivity index (χ3v) is 5.27. The molecule has 4 atom stereocenters. The van der Waals surface area contributed by atoms with Crippen LogP contribution < -0.4 is 0 Å². The van der Waals surface area contributed by atoms with Crippen LogP contribution in [0.3, 0.4) is 0 Å². The van der Waals surface area contributed by atoms with Crippen LogP contribution in [-0.4, -0.2) is 35.0 Å². The molecule has 2 bridgehead atoms. The SMILES string of the molecule is O=C1[C@H]2[C@H](C(=O)N1CCO)[C@@H]1C=C[C@H]2C12CC2. The molecule has 1 aliphatic heterocycles. The van der Waals surface area contributed by atoms with Crippen molar-refractivity contribution in [3.63, 3.8) is 0 Å². The fourth-order valence-electron chi connectivity index (χ4n) is 4.46. The van der Waals surface area contributed by atoms with Gasteiger partial charge in [-0.15, -0.1) is 0 Å². The van der Waals surface area contributed by atoms with Gasteiger partial charge in [0.15, 0.2) is 0 Å². The normalized spacial score (nSPS) is 43.9. The highest BCUT2D eigenvalue weighted by atomic mass is 16.3. The van der Waals surface area contributed by atoms with E-state index in [9.17, 15) is 9.59 Å². The molecule has 1 heterocycles. The van der Waals surface area contributed by atoms with Gasteiger partial charge >= 0.3 is 0 Å². The van der Waals surface area contributed by atoms with Gasteiger partial charge in [0.05, 0.1) is 25.0 Å². The second-order valence-corrected chi connectivity index (χ2v) is 5.77. The van der Waals surface area contributed by atoms with Crippen LogP contribution in [0.25, 0.3) is 0 Å². The number of likely N-dealkylation sites (tertiary alicyclic amines) is 1. The van der Waals surface area contributed by atoms with Gasteiger partial charge in [0, 0.05) is 0 Å². The number of aliphatic hydroxyl groups excluding tert-OH is 1. The Bertz CT molecular complexity index is 418. The Kier molecular flexibility index (Phi) is 1.62. The summed E-state index contributed by atoms with van der Waals surface area (Å²) in [6, 6.07) is 0. The quantitative estimate of drug-likeness (QED) is 0.546. The van der Waals surface area contributed by atoms with Gasteiger partial charge < -0.3 is 5.11 Å². The largest absolute Gasteiger partial charge is 0.395 e. The number of hydrogen-bond acceptors (Lipinski definition) is 3. The van der Waals surface area contributed by atoms with Crippen molar-refractivity contribution in [3.05, 3.63) is 12.2 Å². The summed E-state index contributed by atoms with van der Waals surface area (Å²) in [5, 5.41) is 8.93. The monoisotopic (exact) mass is 233 g/mol. The summed E-state index contributed by atoms with van der Waals surface area (Å²) in [5.74, 6) is 0.253. The first-order valence-corrected chi connectivity index (χ1v) is 6.35. The molecule has 1 spiro atoms. The van der Waals surface area contributed by atoms with Crippen molar-refractivity contribution >= 4 is 11.8 Å². The van der Waals surface area contributed by atoms with Crippen LogP contribution in [0.1, 0.15) is 12.8 Å². The number of rotatable bonds is 2. The second kappa shape index (κ2) is 2.80. The van der Waals surface area contributed by atoms with Gasteiger partial charge in [-0.05, 0) is 30.1 Å². The molecule has 4 nitrogen and oxygen atoms in total. The van der Waals surface area contributed by atoms with Crippen LogP contribution in [0.2, 0.25) is 0 Å². The topological polar surface area (TPSA) is 57.6 Å². The van der Waals surface area contributed by atoms with Crippen LogP contribution in [-0.2, 0) is 9.59 Å². The molecule has 17 heavy (non-hydrogen) atoms. The summed E-state index contributed by atoms with van der Waals surface area (Å²) in [7, 11) is 0. The lowest BCUT2D eigenvalue weighted by atomic mass is 9.85. The summed E-state index contributed by atoms with van der Waals surface area (Å²) in [5.41, 5.74) is 0.270. The number of hydrogen-bond donors (Lipinski definition) is 1. The lowest BCUT2D eigenvalue weighted by Crippen LogP contribution is -2.36. The Morgan fingerprint density at radius 1 is 1.18 bits per heavy atom. The number of carbonyl (C=O) groups is 2. The van der Waals surface area contributed by atoms with Crippen molar-refractivity contribution < 1.29 is 14.7 Å².